The van der Waals surface area contributed by atoms with Crippen LogP contribution in [0.3, 0.4) is 0 Å². The molecule has 2 aromatic heterocycles. The molecule has 72 valence electrons. The van der Waals surface area contributed by atoms with Gasteiger partial charge in [-0.2, -0.15) is 5.10 Å². The Bertz CT molecular complexity index is 374. The van der Waals surface area contributed by atoms with Crippen molar-refractivity contribution in [2.45, 2.75) is 19.9 Å². The van der Waals surface area contributed by atoms with Gasteiger partial charge in [0, 0.05) is 0 Å². The molecule has 1 atom stereocenters. The number of aromatic nitrogens is 3. The standard InChI is InChI=1S/C7H10N4S.ClH/c1-4-3-11-7(9-4)12-6(10-11)5(2)8;/h3,5H,8H2,1-2H3;1H. The molecule has 0 spiro atoms. The molecule has 0 amide bonds. The fourth-order valence-corrected chi connectivity index (χ4v) is 1.89. The maximum atomic E-state index is 5.68. The summed E-state index contributed by atoms with van der Waals surface area (Å²) in [6.45, 7) is 3.87. The average Bonchev–Trinajstić information content (AvgIpc) is 2.42. The van der Waals surface area contributed by atoms with Crippen molar-refractivity contribution < 1.29 is 0 Å². The third-order valence-corrected chi connectivity index (χ3v) is 2.69. The van der Waals surface area contributed by atoms with Gasteiger partial charge >= 0.3 is 0 Å². The van der Waals surface area contributed by atoms with Crippen molar-refractivity contribution in [3.63, 3.8) is 0 Å². The van der Waals surface area contributed by atoms with Crippen LogP contribution in [0.1, 0.15) is 23.7 Å². The highest BCUT2D eigenvalue weighted by atomic mass is 35.5. The molecule has 2 aromatic rings. The van der Waals surface area contributed by atoms with Crippen molar-refractivity contribution in [3.05, 3.63) is 16.9 Å². The first kappa shape index (κ1) is 10.4. The van der Waals surface area contributed by atoms with Gasteiger partial charge < -0.3 is 5.73 Å². The second kappa shape index (κ2) is 3.61. The molecular formula is C7H11ClN4S. The van der Waals surface area contributed by atoms with Crippen LogP contribution >= 0.6 is 23.7 Å². The molecule has 2 N–H and O–H groups in total. The predicted molar refractivity (Wildman–Crippen MR) is 55.5 cm³/mol. The summed E-state index contributed by atoms with van der Waals surface area (Å²) < 4.78 is 1.78. The van der Waals surface area contributed by atoms with Crippen LogP contribution in [-0.2, 0) is 0 Å². The molecule has 0 aromatic carbocycles. The minimum Gasteiger partial charge on any atom is -0.322 e. The van der Waals surface area contributed by atoms with Gasteiger partial charge in [0.2, 0.25) is 4.96 Å². The molecular weight excluding hydrogens is 208 g/mol. The summed E-state index contributed by atoms with van der Waals surface area (Å²) >= 11 is 1.54. The third kappa shape index (κ3) is 1.82. The number of hydrogen-bond acceptors (Lipinski definition) is 4. The van der Waals surface area contributed by atoms with Crippen LogP contribution in [0.4, 0.5) is 0 Å². The van der Waals surface area contributed by atoms with E-state index in [0.29, 0.717) is 0 Å². The first-order chi connectivity index (χ1) is 5.66. The lowest BCUT2D eigenvalue weighted by Gasteiger charge is -1.94. The highest BCUT2D eigenvalue weighted by Crippen LogP contribution is 2.18. The van der Waals surface area contributed by atoms with Crippen molar-refractivity contribution in [1.82, 2.24) is 14.6 Å². The third-order valence-electron chi connectivity index (χ3n) is 1.57. The smallest absolute Gasteiger partial charge is 0.212 e. The Hall–Kier alpha value is -0.650. The summed E-state index contributed by atoms with van der Waals surface area (Å²) in [6, 6.07) is -0.00277. The fraction of sp³-hybridized carbons (Fsp3) is 0.429. The average molecular weight is 219 g/mol. The maximum Gasteiger partial charge on any atom is 0.212 e. The Morgan fingerprint density at radius 1 is 1.62 bits per heavy atom. The zero-order chi connectivity index (χ0) is 8.72. The highest BCUT2D eigenvalue weighted by molar-refractivity contribution is 7.16. The molecule has 6 heteroatoms. The summed E-state index contributed by atoms with van der Waals surface area (Å²) in [5.41, 5.74) is 6.67. The molecule has 0 saturated carbocycles. The van der Waals surface area contributed by atoms with Crippen LogP contribution in [-0.4, -0.2) is 14.6 Å². The largest absolute Gasteiger partial charge is 0.322 e. The van der Waals surface area contributed by atoms with E-state index in [4.69, 9.17) is 5.73 Å². The van der Waals surface area contributed by atoms with E-state index < -0.39 is 0 Å². The second-order valence-corrected chi connectivity index (χ2v) is 3.83. The number of imidazole rings is 1. The van der Waals surface area contributed by atoms with Gasteiger partial charge in [-0.1, -0.05) is 11.3 Å². The Balaban J connectivity index is 0.000000845. The van der Waals surface area contributed by atoms with Gasteiger partial charge in [0.25, 0.3) is 0 Å². The van der Waals surface area contributed by atoms with Gasteiger partial charge in [-0.3, -0.25) is 0 Å². The first-order valence-corrected chi connectivity index (χ1v) is 4.57. The summed E-state index contributed by atoms with van der Waals surface area (Å²) in [4.78, 5) is 5.20. The van der Waals surface area contributed by atoms with Gasteiger partial charge in [0.15, 0.2) is 0 Å². The van der Waals surface area contributed by atoms with Crippen molar-refractivity contribution >= 4 is 28.7 Å². The van der Waals surface area contributed by atoms with E-state index in [9.17, 15) is 0 Å². The molecule has 0 aliphatic rings. The van der Waals surface area contributed by atoms with E-state index in [2.05, 4.69) is 10.1 Å². The van der Waals surface area contributed by atoms with E-state index in [1.54, 1.807) is 15.9 Å². The van der Waals surface area contributed by atoms with Crippen molar-refractivity contribution in [2.24, 2.45) is 5.73 Å². The lowest BCUT2D eigenvalue weighted by Crippen LogP contribution is -2.04. The summed E-state index contributed by atoms with van der Waals surface area (Å²) in [6.07, 6.45) is 1.90. The molecule has 2 rings (SSSR count). The van der Waals surface area contributed by atoms with Crippen LogP contribution in [0.2, 0.25) is 0 Å². The van der Waals surface area contributed by atoms with E-state index in [-0.39, 0.29) is 18.4 Å². The van der Waals surface area contributed by atoms with Gasteiger partial charge in [-0.05, 0) is 13.8 Å². The topological polar surface area (TPSA) is 56.2 Å². The van der Waals surface area contributed by atoms with E-state index in [0.717, 1.165) is 15.7 Å². The van der Waals surface area contributed by atoms with Gasteiger partial charge in [-0.15, -0.1) is 12.4 Å². The Labute approximate surface area is 86.2 Å². The minimum atomic E-state index is -0.00277. The summed E-state index contributed by atoms with van der Waals surface area (Å²) in [7, 11) is 0. The number of hydrogen-bond donors (Lipinski definition) is 1. The number of halogens is 1. The van der Waals surface area contributed by atoms with Gasteiger partial charge in [0.05, 0.1) is 17.9 Å². The van der Waals surface area contributed by atoms with Crippen molar-refractivity contribution in [2.75, 3.05) is 0 Å². The van der Waals surface area contributed by atoms with E-state index in [1.165, 1.54) is 0 Å². The molecule has 0 saturated heterocycles. The number of nitrogens with two attached hydrogens (primary N) is 1. The number of aryl methyl sites for hydroxylation is 1. The van der Waals surface area contributed by atoms with E-state index in [1.807, 2.05) is 20.0 Å². The second-order valence-electron chi connectivity index (χ2n) is 2.84. The summed E-state index contributed by atoms with van der Waals surface area (Å²) in [5.74, 6) is 0. The van der Waals surface area contributed by atoms with Crippen LogP contribution in [0, 0.1) is 6.92 Å². The lowest BCUT2D eigenvalue weighted by atomic mass is 10.4. The molecule has 4 nitrogen and oxygen atoms in total. The van der Waals surface area contributed by atoms with Crippen LogP contribution in [0.15, 0.2) is 6.20 Å². The highest BCUT2D eigenvalue weighted by Gasteiger charge is 2.08. The molecule has 0 bridgehead atoms. The predicted octanol–water partition coefficient (Wildman–Crippen LogP) is 1.54. The Morgan fingerprint density at radius 2 is 2.31 bits per heavy atom. The molecule has 1 unspecified atom stereocenters. The van der Waals surface area contributed by atoms with Crippen molar-refractivity contribution in [1.29, 1.82) is 0 Å². The van der Waals surface area contributed by atoms with Crippen LogP contribution in [0.5, 0.6) is 0 Å². The van der Waals surface area contributed by atoms with Crippen LogP contribution in [0.25, 0.3) is 4.96 Å². The SMILES string of the molecule is Cc1cn2nc(C(C)N)sc2n1.Cl. The molecule has 13 heavy (non-hydrogen) atoms. The molecule has 0 radical (unpaired) electrons. The fourth-order valence-electron chi connectivity index (χ4n) is 1.01. The Morgan fingerprint density at radius 3 is 2.85 bits per heavy atom. The summed E-state index contributed by atoms with van der Waals surface area (Å²) in [5, 5.41) is 5.21. The maximum absolute atomic E-state index is 5.68. The monoisotopic (exact) mass is 218 g/mol. The molecule has 0 fully saturated rings. The quantitative estimate of drug-likeness (QED) is 0.790. The van der Waals surface area contributed by atoms with Gasteiger partial charge in [-0.25, -0.2) is 9.50 Å². The molecule has 2 heterocycles. The minimum absolute atomic E-state index is 0. The van der Waals surface area contributed by atoms with Gasteiger partial charge in [0.1, 0.15) is 5.01 Å². The molecule has 0 aliphatic carbocycles. The number of fused-ring (bicyclic) bond motifs is 1. The van der Waals surface area contributed by atoms with Crippen LogP contribution < -0.4 is 5.73 Å². The lowest BCUT2D eigenvalue weighted by molar-refractivity contribution is 0.769. The zero-order valence-corrected chi connectivity index (χ0v) is 9.02. The molecule has 0 aliphatic heterocycles. The van der Waals surface area contributed by atoms with Crippen molar-refractivity contribution in [3.8, 4) is 0 Å². The van der Waals surface area contributed by atoms with E-state index >= 15 is 0 Å². The first-order valence-electron chi connectivity index (χ1n) is 3.75. The Kier molecular flexibility index (Phi) is 2.90. The number of nitrogens with zero attached hydrogens (tertiary/aromatic N) is 3. The number of rotatable bonds is 1. The normalized spacial score (nSPS) is 12.8. The zero-order valence-electron chi connectivity index (χ0n) is 7.39.